The van der Waals surface area contributed by atoms with E-state index in [9.17, 15) is 0 Å². The Balaban J connectivity index is 1.90. The molecule has 1 aliphatic carbocycles. The van der Waals surface area contributed by atoms with Gasteiger partial charge in [0.25, 0.3) is 0 Å². The van der Waals surface area contributed by atoms with E-state index < -0.39 is 0 Å². The van der Waals surface area contributed by atoms with Crippen molar-refractivity contribution in [3.63, 3.8) is 0 Å². The van der Waals surface area contributed by atoms with Gasteiger partial charge >= 0.3 is 0 Å². The van der Waals surface area contributed by atoms with E-state index in [4.69, 9.17) is 5.26 Å². The summed E-state index contributed by atoms with van der Waals surface area (Å²) in [6.45, 7) is 5.59. The molecule has 1 heterocycles. The first-order valence-corrected chi connectivity index (χ1v) is 7.74. The predicted molar refractivity (Wildman–Crippen MR) is 76.5 cm³/mol. The third-order valence-corrected chi connectivity index (χ3v) is 4.98. The van der Waals surface area contributed by atoms with Crippen LogP contribution in [-0.4, -0.2) is 6.04 Å². The van der Waals surface area contributed by atoms with Crippen LogP contribution in [0.2, 0.25) is 0 Å². The molecule has 18 heavy (non-hydrogen) atoms. The summed E-state index contributed by atoms with van der Waals surface area (Å²) in [7, 11) is 0. The number of nitrogens with one attached hydrogen (secondary N) is 1. The van der Waals surface area contributed by atoms with Gasteiger partial charge in [-0.25, -0.2) is 0 Å². The molecule has 98 valence electrons. The van der Waals surface area contributed by atoms with E-state index in [0.717, 1.165) is 23.3 Å². The molecule has 0 amide bonds. The van der Waals surface area contributed by atoms with Gasteiger partial charge in [-0.1, -0.05) is 26.7 Å². The Labute approximate surface area is 114 Å². The Morgan fingerprint density at radius 2 is 2.17 bits per heavy atom. The molecule has 0 aromatic carbocycles. The lowest BCUT2D eigenvalue weighted by molar-refractivity contribution is 0.205. The fourth-order valence-corrected chi connectivity index (χ4v) is 3.73. The monoisotopic (exact) mass is 262 g/mol. The van der Waals surface area contributed by atoms with Crippen LogP contribution in [0.4, 0.5) is 0 Å². The van der Waals surface area contributed by atoms with Crippen molar-refractivity contribution in [1.29, 1.82) is 5.26 Å². The van der Waals surface area contributed by atoms with Crippen molar-refractivity contribution in [2.45, 2.75) is 52.1 Å². The number of rotatable bonds is 4. The van der Waals surface area contributed by atoms with Crippen LogP contribution in [0.5, 0.6) is 0 Å². The number of nitriles is 1. The SMILES string of the molecule is CC(C)C1CCCCC1NCc1ccc(C#N)s1. The van der Waals surface area contributed by atoms with Crippen LogP contribution in [0.1, 0.15) is 49.3 Å². The van der Waals surface area contributed by atoms with E-state index in [-0.39, 0.29) is 0 Å². The normalized spacial score (nSPS) is 24.1. The van der Waals surface area contributed by atoms with Crippen molar-refractivity contribution >= 4 is 11.3 Å². The van der Waals surface area contributed by atoms with Crippen molar-refractivity contribution in [1.82, 2.24) is 5.32 Å². The molecular formula is C15H22N2S. The summed E-state index contributed by atoms with van der Waals surface area (Å²) < 4.78 is 0. The summed E-state index contributed by atoms with van der Waals surface area (Å²) in [6, 6.07) is 6.85. The maximum absolute atomic E-state index is 8.82. The highest BCUT2D eigenvalue weighted by Crippen LogP contribution is 2.30. The van der Waals surface area contributed by atoms with Gasteiger partial charge < -0.3 is 5.32 Å². The fourth-order valence-electron chi connectivity index (χ4n) is 2.98. The molecular weight excluding hydrogens is 240 g/mol. The second-order valence-corrected chi connectivity index (χ2v) is 6.73. The van der Waals surface area contributed by atoms with Gasteiger partial charge in [0.05, 0.1) is 0 Å². The van der Waals surface area contributed by atoms with Gasteiger partial charge in [-0.2, -0.15) is 5.26 Å². The molecule has 0 aliphatic heterocycles. The molecule has 2 atom stereocenters. The Bertz CT molecular complexity index is 416. The molecule has 1 aliphatic rings. The van der Waals surface area contributed by atoms with Crippen molar-refractivity contribution in [2.24, 2.45) is 11.8 Å². The van der Waals surface area contributed by atoms with Crippen LogP contribution in [0.25, 0.3) is 0 Å². The van der Waals surface area contributed by atoms with Crippen molar-refractivity contribution < 1.29 is 0 Å². The summed E-state index contributed by atoms with van der Waals surface area (Å²) in [5, 5.41) is 12.5. The predicted octanol–water partition coefficient (Wildman–Crippen LogP) is 3.92. The molecule has 0 radical (unpaired) electrons. The van der Waals surface area contributed by atoms with Crippen LogP contribution in [0.3, 0.4) is 0 Å². The van der Waals surface area contributed by atoms with Crippen molar-refractivity contribution in [3.05, 3.63) is 21.9 Å². The molecule has 1 saturated carbocycles. The number of hydrogen-bond donors (Lipinski definition) is 1. The van der Waals surface area contributed by atoms with Crippen LogP contribution in [-0.2, 0) is 6.54 Å². The van der Waals surface area contributed by atoms with Gasteiger partial charge in [-0.15, -0.1) is 11.3 Å². The smallest absolute Gasteiger partial charge is 0.110 e. The summed E-state index contributed by atoms with van der Waals surface area (Å²) in [4.78, 5) is 2.09. The standard InChI is InChI=1S/C15H22N2S/c1-11(2)14-5-3-4-6-15(14)17-10-13-8-7-12(9-16)18-13/h7-8,11,14-15,17H,3-6,10H2,1-2H3. The molecule has 2 unspecified atom stereocenters. The first-order chi connectivity index (χ1) is 8.70. The minimum Gasteiger partial charge on any atom is -0.309 e. The van der Waals surface area contributed by atoms with Crippen molar-refractivity contribution in [3.8, 4) is 6.07 Å². The van der Waals surface area contributed by atoms with Gasteiger partial charge in [-0.05, 0) is 36.8 Å². The van der Waals surface area contributed by atoms with Gasteiger partial charge in [0.2, 0.25) is 0 Å². The summed E-state index contributed by atoms with van der Waals surface area (Å²) in [6.07, 6.45) is 5.41. The highest BCUT2D eigenvalue weighted by Gasteiger charge is 2.26. The van der Waals surface area contributed by atoms with E-state index in [0.29, 0.717) is 6.04 Å². The van der Waals surface area contributed by atoms with Gasteiger partial charge in [-0.3, -0.25) is 0 Å². The lowest BCUT2D eigenvalue weighted by Crippen LogP contribution is -2.40. The maximum atomic E-state index is 8.82. The van der Waals surface area contributed by atoms with E-state index in [1.54, 1.807) is 11.3 Å². The quantitative estimate of drug-likeness (QED) is 0.892. The van der Waals surface area contributed by atoms with Crippen LogP contribution >= 0.6 is 11.3 Å². The average molecular weight is 262 g/mol. The Kier molecular flexibility index (Phi) is 4.79. The average Bonchev–Trinajstić information content (AvgIpc) is 2.84. The van der Waals surface area contributed by atoms with E-state index >= 15 is 0 Å². The van der Waals surface area contributed by atoms with Gasteiger partial charge in [0.15, 0.2) is 0 Å². The Morgan fingerprint density at radius 3 is 2.83 bits per heavy atom. The molecule has 1 fully saturated rings. The zero-order chi connectivity index (χ0) is 13.0. The third kappa shape index (κ3) is 3.34. The molecule has 1 N–H and O–H groups in total. The molecule has 2 nitrogen and oxygen atoms in total. The third-order valence-electron chi connectivity index (χ3n) is 3.99. The summed E-state index contributed by atoms with van der Waals surface area (Å²) in [5.41, 5.74) is 0. The van der Waals surface area contributed by atoms with Crippen LogP contribution < -0.4 is 5.32 Å². The molecule has 3 heteroatoms. The number of thiophene rings is 1. The second-order valence-electron chi connectivity index (χ2n) is 5.56. The molecule has 0 spiro atoms. The fraction of sp³-hybridized carbons (Fsp3) is 0.667. The number of hydrogen-bond acceptors (Lipinski definition) is 3. The number of nitrogens with zero attached hydrogens (tertiary/aromatic N) is 1. The van der Waals surface area contributed by atoms with E-state index in [2.05, 4.69) is 31.3 Å². The van der Waals surface area contributed by atoms with Crippen LogP contribution in [0, 0.1) is 23.2 Å². The topological polar surface area (TPSA) is 35.8 Å². The highest BCUT2D eigenvalue weighted by atomic mass is 32.1. The molecule has 1 aromatic heterocycles. The first-order valence-electron chi connectivity index (χ1n) is 6.93. The molecule has 0 saturated heterocycles. The molecule has 2 rings (SSSR count). The lowest BCUT2D eigenvalue weighted by Gasteiger charge is -2.35. The minimum atomic E-state index is 0.659. The zero-order valence-corrected chi connectivity index (χ0v) is 12.1. The van der Waals surface area contributed by atoms with Crippen molar-refractivity contribution in [2.75, 3.05) is 0 Å². The second kappa shape index (κ2) is 6.36. The molecule has 1 aromatic rings. The first kappa shape index (κ1) is 13.6. The van der Waals surface area contributed by atoms with E-state index in [1.807, 2.05) is 6.07 Å². The summed E-state index contributed by atoms with van der Waals surface area (Å²) >= 11 is 1.61. The maximum Gasteiger partial charge on any atom is 0.110 e. The van der Waals surface area contributed by atoms with Gasteiger partial charge in [0.1, 0.15) is 10.9 Å². The summed E-state index contributed by atoms with van der Waals surface area (Å²) in [5.74, 6) is 1.58. The highest BCUT2D eigenvalue weighted by molar-refractivity contribution is 7.12. The Hall–Kier alpha value is -0.850. The largest absolute Gasteiger partial charge is 0.309 e. The molecule has 0 bridgehead atoms. The van der Waals surface area contributed by atoms with Crippen LogP contribution in [0.15, 0.2) is 12.1 Å². The zero-order valence-electron chi connectivity index (χ0n) is 11.3. The van der Waals surface area contributed by atoms with Gasteiger partial charge in [0, 0.05) is 17.5 Å². The lowest BCUT2D eigenvalue weighted by atomic mass is 9.78. The Morgan fingerprint density at radius 1 is 1.39 bits per heavy atom. The minimum absolute atomic E-state index is 0.659. The van der Waals surface area contributed by atoms with E-state index in [1.165, 1.54) is 30.6 Å².